The lowest BCUT2D eigenvalue weighted by Crippen LogP contribution is -2.31. The molecule has 0 radical (unpaired) electrons. The molecule has 0 spiro atoms. The second kappa shape index (κ2) is 11.1. The van der Waals surface area contributed by atoms with Gasteiger partial charge in [0, 0.05) is 37.0 Å². The van der Waals surface area contributed by atoms with E-state index in [1.54, 1.807) is 55.6 Å². The Morgan fingerprint density at radius 1 is 1.15 bits per heavy atom. The number of rotatable bonds is 10. The molecule has 9 heteroatoms. The number of carbonyl (C=O) groups excluding carboxylic acids is 1. The van der Waals surface area contributed by atoms with Gasteiger partial charge in [-0.1, -0.05) is 30.3 Å². The molecule has 0 bridgehead atoms. The number of benzene rings is 2. The van der Waals surface area contributed by atoms with Gasteiger partial charge in [-0.3, -0.25) is 15.2 Å². The van der Waals surface area contributed by atoms with E-state index in [1.165, 1.54) is 0 Å². The number of halogens is 2. The number of pyridine rings is 1. The minimum atomic E-state index is -1.48. The summed E-state index contributed by atoms with van der Waals surface area (Å²) in [4.78, 5) is 16.8. The fraction of sp³-hybridized carbons (Fsp3) is 0.208. The third kappa shape index (κ3) is 6.33. The minimum Gasteiger partial charge on any atom is -0.487 e. The number of hydrogen-bond acceptors (Lipinski definition) is 5. The van der Waals surface area contributed by atoms with Gasteiger partial charge in [0.05, 0.1) is 11.3 Å². The number of ether oxygens (including phenoxy) is 2. The first-order valence-electron chi connectivity index (χ1n) is 10.2. The maximum Gasteiger partial charge on any atom is 0.254 e. The van der Waals surface area contributed by atoms with Gasteiger partial charge in [0.1, 0.15) is 29.8 Å². The topological polar surface area (TPSA) is 110 Å². The molecule has 4 N–H and O–H groups in total. The van der Waals surface area contributed by atoms with E-state index in [0.29, 0.717) is 11.3 Å². The number of nitrogens with one attached hydrogen (secondary N) is 2. The maximum atomic E-state index is 14.8. The molecule has 3 rings (SSSR count). The molecule has 1 atom stereocenters. The number of nitrogen functional groups attached to an aromatic ring is 1. The van der Waals surface area contributed by atoms with Gasteiger partial charge in [0.2, 0.25) is 0 Å². The zero-order chi connectivity index (χ0) is 23.8. The second-order valence-corrected chi connectivity index (χ2v) is 7.07. The van der Waals surface area contributed by atoms with E-state index in [1.807, 2.05) is 0 Å². The molecule has 3 aromatic rings. The Morgan fingerprint density at radius 2 is 1.85 bits per heavy atom. The fourth-order valence-electron chi connectivity index (χ4n) is 3.08. The molecule has 0 saturated carbocycles. The molecule has 172 valence electrons. The minimum absolute atomic E-state index is 0.0272. The third-order valence-corrected chi connectivity index (χ3v) is 4.73. The Morgan fingerprint density at radius 3 is 2.42 bits per heavy atom. The number of amidine groups is 1. The van der Waals surface area contributed by atoms with Crippen LogP contribution < -0.4 is 15.8 Å². The Kier molecular flexibility index (Phi) is 8.04. The first kappa shape index (κ1) is 23.8. The van der Waals surface area contributed by atoms with Crippen molar-refractivity contribution in [3.05, 3.63) is 94.8 Å². The van der Waals surface area contributed by atoms with Crippen LogP contribution in [0.1, 0.15) is 35.4 Å². The van der Waals surface area contributed by atoms with Gasteiger partial charge in [-0.05, 0) is 24.6 Å². The molecule has 0 aliphatic rings. The highest BCUT2D eigenvalue weighted by Gasteiger charge is 2.28. The summed E-state index contributed by atoms with van der Waals surface area (Å²) in [6.45, 7) is 1.84. The van der Waals surface area contributed by atoms with Crippen molar-refractivity contribution in [2.75, 3.05) is 6.61 Å². The van der Waals surface area contributed by atoms with Crippen LogP contribution in [0, 0.1) is 17.0 Å². The van der Waals surface area contributed by atoms with Crippen LogP contribution in [-0.2, 0) is 22.7 Å². The average Bonchev–Trinajstić information content (AvgIpc) is 2.81. The highest BCUT2D eigenvalue weighted by atomic mass is 19.1. The summed E-state index contributed by atoms with van der Waals surface area (Å²) >= 11 is 0. The Hall–Kier alpha value is -3.85. The maximum absolute atomic E-state index is 14.8. The molecule has 7 nitrogen and oxygen atoms in total. The summed E-state index contributed by atoms with van der Waals surface area (Å²) in [5.74, 6) is -2.69. The molecular formula is C24H24F2N4O3. The van der Waals surface area contributed by atoms with Gasteiger partial charge in [0.15, 0.2) is 6.10 Å². The summed E-state index contributed by atoms with van der Waals surface area (Å²) in [5, 5.41) is 10.0. The van der Waals surface area contributed by atoms with Crippen molar-refractivity contribution in [2.45, 2.75) is 26.2 Å². The van der Waals surface area contributed by atoms with Crippen molar-refractivity contribution in [3.63, 3.8) is 0 Å². The van der Waals surface area contributed by atoms with Crippen molar-refractivity contribution >= 4 is 11.7 Å². The Balaban J connectivity index is 1.71. The Bertz CT molecular complexity index is 1090. The van der Waals surface area contributed by atoms with E-state index in [0.717, 1.165) is 17.7 Å². The van der Waals surface area contributed by atoms with E-state index in [4.69, 9.17) is 20.6 Å². The van der Waals surface area contributed by atoms with Crippen LogP contribution >= 0.6 is 0 Å². The van der Waals surface area contributed by atoms with E-state index >= 15 is 0 Å². The van der Waals surface area contributed by atoms with E-state index in [-0.39, 0.29) is 31.3 Å². The average molecular weight is 454 g/mol. The standard InChI is InChI=1S/C24H24F2N4O3/c1-2-32-22(24(31)30-13-15-6-8-16(9-7-15)23(27)28)21-19(25)11-18(12-20(21)26)33-14-17-5-3-4-10-29-17/h3-12,22H,2,13-14H2,1H3,(H3,27,28)(H,30,31)/t22-/m1/s1. The highest BCUT2D eigenvalue weighted by molar-refractivity contribution is 5.94. The molecule has 1 aromatic heterocycles. The predicted molar refractivity (Wildman–Crippen MR) is 119 cm³/mol. The van der Waals surface area contributed by atoms with Crippen molar-refractivity contribution < 1.29 is 23.0 Å². The number of aromatic nitrogens is 1. The molecule has 1 amide bonds. The van der Waals surface area contributed by atoms with E-state index in [9.17, 15) is 13.6 Å². The second-order valence-electron chi connectivity index (χ2n) is 7.07. The number of hydrogen-bond donors (Lipinski definition) is 3. The molecule has 0 aliphatic carbocycles. The van der Waals surface area contributed by atoms with Crippen LogP contribution in [-0.4, -0.2) is 23.3 Å². The lowest BCUT2D eigenvalue weighted by molar-refractivity contribution is -0.133. The zero-order valence-electron chi connectivity index (χ0n) is 18.0. The van der Waals surface area contributed by atoms with Crippen LogP contribution in [0.15, 0.2) is 60.8 Å². The largest absolute Gasteiger partial charge is 0.487 e. The van der Waals surface area contributed by atoms with Gasteiger partial charge in [-0.25, -0.2) is 8.78 Å². The lowest BCUT2D eigenvalue weighted by atomic mass is 10.1. The van der Waals surface area contributed by atoms with E-state index < -0.39 is 29.2 Å². The van der Waals surface area contributed by atoms with Gasteiger partial charge in [-0.15, -0.1) is 0 Å². The number of amides is 1. The molecule has 33 heavy (non-hydrogen) atoms. The molecular weight excluding hydrogens is 430 g/mol. The highest BCUT2D eigenvalue weighted by Crippen LogP contribution is 2.29. The lowest BCUT2D eigenvalue weighted by Gasteiger charge is -2.19. The molecule has 0 saturated heterocycles. The zero-order valence-corrected chi connectivity index (χ0v) is 18.0. The molecule has 2 aromatic carbocycles. The first-order valence-corrected chi connectivity index (χ1v) is 10.2. The summed E-state index contributed by atoms with van der Waals surface area (Å²) < 4.78 is 40.5. The Labute approximate surface area is 190 Å². The molecule has 0 fully saturated rings. The fourth-order valence-corrected chi connectivity index (χ4v) is 3.08. The summed E-state index contributed by atoms with van der Waals surface area (Å²) in [6, 6.07) is 14.0. The smallest absolute Gasteiger partial charge is 0.254 e. The number of nitrogens with zero attached hydrogens (tertiary/aromatic N) is 1. The number of carbonyl (C=O) groups is 1. The van der Waals surface area contributed by atoms with Crippen LogP contribution in [0.3, 0.4) is 0 Å². The van der Waals surface area contributed by atoms with Gasteiger partial charge >= 0.3 is 0 Å². The van der Waals surface area contributed by atoms with Crippen molar-refractivity contribution in [1.29, 1.82) is 5.41 Å². The van der Waals surface area contributed by atoms with Crippen LogP contribution in [0.2, 0.25) is 0 Å². The predicted octanol–water partition coefficient (Wildman–Crippen LogP) is 3.62. The third-order valence-electron chi connectivity index (χ3n) is 4.73. The van der Waals surface area contributed by atoms with E-state index in [2.05, 4.69) is 10.3 Å². The van der Waals surface area contributed by atoms with Crippen LogP contribution in [0.25, 0.3) is 0 Å². The van der Waals surface area contributed by atoms with Crippen molar-refractivity contribution in [1.82, 2.24) is 10.3 Å². The van der Waals surface area contributed by atoms with Crippen molar-refractivity contribution in [2.24, 2.45) is 5.73 Å². The summed E-state index contributed by atoms with van der Waals surface area (Å²) in [6.07, 6.45) is 0.114. The quantitative estimate of drug-likeness (QED) is 0.320. The molecule has 0 unspecified atom stereocenters. The normalized spacial score (nSPS) is 11.6. The summed E-state index contributed by atoms with van der Waals surface area (Å²) in [5.41, 5.74) is 6.81. The first-order chi connectivity index (χ1) is 15.9. The SMILES string of the molecule is CCO[C@@H](C(=O)NCc1ccc(C(=N)N)cc1)c1c(F)cc(OCc2ccccn2)cc1F. The van der Waals surface area contributed by atoms with Crippen LogP contribution in [0.4, 0.5) is 8.78 Å². The summed E-state index contributed by atoms with van der Waals surface area (Å²) in [7, 11) is 0. The number of nitrogens with two attached hydrogens (primary N) is 1. The van der Waals surface area contributed by atoms with Gasteiger partial charge < -0.3 is 20.5 Å². The van der Waals surface area contributed by atoms with Gasteiger partial charge in [-0.2, -0.15) is 0 Å². The van der Waals surface area contributed by atoms with Crippen molar-refractivity contribution in [3.8, 4) is 5.75 Å². The molecule has 0 aliphatic heterocycles. The van der Waals surface area contributed by atoms with Gasteiger partial charge in [0.25, 0.3) is 5.91 Å². The molecule has 1 heterocycles. The van der Waals surface area contributed by atoms with Crippen LogP contribution in [0.5, 0.6) is 5.75 Å². The monoisotopic (exact) mass is 454 g/mol.